The van der Waals surface area contributed by atoms with Gasteiger partial charge in [0.25, 0.3) is 0 Å². The number of benzene rings is 1. The zero-order chi connectivity index (χ0) is 12.3. The lowest BCUT2D eigenvalue weighted by molar-refractivity contribution is -0.134. The summed E-state index contributed by atoms with van der Waals surface area (Å²) in [5.74, 6) is 0.179. The van der Waals surface area contributed by atoms with Crippen LogP contribution in [0.1, 0.15) is 18.2 Å². The topological polar surface area (TPSA) is 39.2 Å². The average Bonchev–Trinajstić information content (AvgIpc) is 2.72. The van der Waals surface area contributed by atoms with Gasteiger partial charge >= 0.3 is 5.97 Å². The van der Waals surface area contributed by atoms with Gasteiger partial charge in [-0.3, -0.25) is 4.79 Å². The Labute approximate surface area is 104 Å². The summed E-state index contributed by atoms with van der Waals surface area (Å²) in [7, 11) is 0. The first kappa shape index (κ1) is 11.8. The summed E-state index contributed by atoms with van der Waals surface area (Å²) in [5.41, 5.74) is 1.04. The average molecular weight is 247 g/mol. The fraction of sp³-hybridized carbons (Fsp3) is 0.231. The van der Waals surface area contributed by atoms with Gasteiger partial charge in [-0.15, -0.1) is 11.3 Å². The van der Waals surface area contributed by atoms with Crippen LogP contribution in [0.3, 0.4) is 0 Å². The van der Waals surface area contributed by atoms with Gasteiger partial charge in [0.2, 0.25) is 5.88 Å². The van der Waals surface area contributed by atoms with E-state index >= 15 is 0 Å². The minimum atomic E-state index is -0.252. The van der Waals surface area contributed by atoms with Crippen LogP contribution < -0.4 is 4.74 Å². The third-order valence-electron chi connectivity index (χ3n) is 2.27. The number of carbonyl (C=O) groups excluding carboxylic acids is 1. The summed E-state index contributed by atoms with van der Waals surface area (Å²) in [6, 6.07) is 9.86. The molecule has 0 saturated carbocycles. The van der Waals surface area contributed by atoms with E-state index in [-0.39, 0.29) is 5.97 Å². The second-order valence-electron chi connectivity index (χ2n) is 3.57. The highest BCUT2D eigenvalue weighted by Crippen LogP contribution is 2.31. The van der Waals surface area contributed by atoms with Gasteiger partial charge in [0, 0.05) is 12.0 Å². The first-order chi connectivity index (χ1) is 8.20. The van der Waals surface area contributed by atoms with Crippen LogP contribution in [-0.2, 0) is 4.79 Å². The molecule has 1 aromatic heterocycles. The predicted molar refractivity (Wildman–Crippen MR) is 68.2 cm³/mol. The Bertz CT molecular complexity index is 519. The first-order valence-electron chi connectivity index (χ1n) is 5.44. The van der Waals surface area contributed by atoms with Crippen molar-refractivity contribution < 1.29 is 9.53 Å². The zero-order valence-electron chi connectivity index (χ0n) is 9.77. The Morgan fingerprint density at radius 2 is 2.06 bits per heavy atom. The molecule has 2 aromatic rings. The van der Waals surface area contributed by atoms with Gasteiger partial charge in [0.1, 0.15) is 5.01 Å². The molecule has 0 atom stereocenters. The standard InChI is InChI=1S/C13H13NO2S/c1-3-11(15)16-12-9(2)17-13(14-12)10-7-5-4-6-8-10/h4-8H,3H2,1-2H3. The predicted octanol–water partition coefficient (Wildman–Crippen LogP) is 3.43. The van der Waals surface area contributed by atoms with Gasteiger partial charge in [-0.05, 0) is 6.92 Å². The van der Waals surface area contributed by atoms with Crippen LogP contribution in [0.2, 0.25) is 0 Å². The van der Waals surface area contributed by atoms with Gasteiger partial charge in [-0.25, -0.2) is 4.98 Å². The number of aryl methyl sites for hydroxylation is 1. The third-order valence-corrected chi connectivity index (χ3v) is 3.28. The van der Waals surface area contributed by atoms with E-state index in [4.69, 9.17) is 4.74 Å². The summed E-state index contributed by atoms with van der Waals surface area (Å²) in [6.45, 7) is 3.67. The SMILES string of the molecule is CCC(=O)Oc1nc(-c2ccccc2)sc1C. The monoisotopic (exact) mass is 247 g/mol. The molecule has 0 N–H and O–H groups in total. The molecule has 0 amide bonds. The van der Waals surface area contributed by atoms with Crippen molar-refractivity contribution in [1.29, 1.82) is 0 Å². The number of ether oxygens (including phenoxy) is 1. The van der Waals surface area contributed by atoms with E-state index in [9.17, 15) is 4.79 Å². The minimum absolute atomic E-state index is 0.252. The Hall–Kier alpha value is -1.68. The van der Waals surface area contributed by atoms with E-state index in [0.717, 1.165) is 15.4 Å². The van der Waals surface area contributed by atoms with Crippen molar-refractivity contribution in [3.8, 4) is 16.5 Å². The maximum Gasteiger partial charge on any atom is 0.312 e. The molecule has 0 aliphatic carbocycles. The van der Waals surface area contributed by atoms with Crippen LogP contribution in [0.15, 0.2) is 30.3 Å². The van der Waals surface area contributed by atoms with Crippen LogP contribution in [0.5, 0.6) is 5.88 Å². The molecule has 0 aliphatic rings. The van der Waals surface area contributed by atoms with Gasteiger partial charge in [-0.2, -0.15) is 0 Å². The lowest BCUT2D eigenvalue weighted by Gasteiger charge is -1.98. The first-order valence-corrected chi connectivity index (χ1v) is 6.26. The van der Waals surface area contributed by atoms with Crippen LogP contribution in [-0.4, -0.2) is 11.0 Å². The molecule has 0 radical (unpaired) electrons. The number of hydrogen-bond acceptors (Lipinski definition) is 4. The Kier molecular flexibility index (Phi) is 3.54. The van der Waals surface area contributed by atoms with Crippen LogP contribution in [0, 0.1) is 6.92 Å². The molecule has 0 aliphatic heterocycles. The van der Waals surface area contributed by atoms with Crippen LogP contribution in [0.25, 0.3) is 10.6 Å². The van der Waals surface area contributed by atoms with Crippen molar-refractivity contribution in [3.05, 3.63) is 35.2 Å². The van der Waals surface area contributed by atoms with Gasteiger partial charge in [0.15, 0.2) is 0 Å². The molecule has 0 unspecified atom stereocenters. The van der Waals surface area contributed by atoms with Crippen molar-refractivity contribution in [2.75, 3.05) is 0 Å². The molecular weight excluding hydrogens is 234 g/mol. The van der Waals surface area contributed by atoms with Crippen LogP contribution in [0.4, 0.5) is 0 Å². The fourth-order valence-corrected chi connectivity index (χ4v) is 2.21. The van der Waals surface area contributed by atoms with Crippen molar-refractivity contribution in [1.82, 2.24) is 4.98 Å². The van der Waals surface area contributed by atoms with Crippen molar-refractivity contribution in [2.24, 2.45) is 0 Å². The summed E-state index contributed by atoms with van der Waals surface area (Å²) in [5, 5.41) is 0.877. The fourth-order valence-electron chi connectivity index (χ4n) is 1.36. The smallest absolute Gasteiger partial charge is 0.312 e. The zero-order valence-corrected chi connectivity index (χ0v) is 10.6. The van der Waals surface area contributed by atoms with Crippen LogP contribution >= 0.6 is 11.3 Å². The number of esters is 1. The van der Waals surface area contributed by atoms with Gasteiger partial charge < -0.3 is 4.74 Å². The minimum Gasteiger partial charge on any atom is -0.406 e. The number of aromatic nitrogens is 1. The Balaban J connectivity index is 2.28. The summed E-state index contributed by atoms with van der Waals surface area (Å²) in [4.78, 5) is 16.5. The Morgan fingerprint density at radius 1 is 1.35 bits per heavy atom. The summed E-state index contributed by atoms with van der Waals surface area (Å²) in [6.07, 6.45) is 0.359. The molecule has 0 bridgehead atoms. The van der Waals surface area contributed by atoms with Gasteiger partial charge in [-0.1, -0.05) is 37.3 Å². The molecule has 2 rings (SSSR count). The summed E-state index contributed by atoms with van der Waals surface area (Å²) >= 11 is 1.53. The molecule has 88 valence electrons. The molecule has 0 fully saturated rings. The molecule has 17 heavy (non-hydrogen) atoms. The molecule has 4 heteroatoms. The molecule has 3 nitrogen and oxygen atoms in total. The molecular formula is C13H13NO2S. The lowest BCUT2D eigenvalue weighted by Crippen LogP contribution is -2.06. The Morgan fingerprint density at radius 3 is 2.71 bits per heavy atom. The highest BCUT2D eigenvalue weighted by Gasteiger charge is 2.12. The summed E-state index contributed by atoms with van der Waals surface area (Å²) < 4.78 is 5.16. The normalized spacial score (nSPS) is 10.2. The van der Waals surface area contributed by atoms with E-state index in [1.807, 2.05) is 37.3 Å². The number of hydrogen-bond donors (Lipinski definition) is 0. The molecule has 1 heterocycles. The van der Waals surface area contributed by atoms with E-state index in [2.05, 4.69) is 4.98 Å². The molecule has 1 aromatic carbocycles. The van der Waals surface area contributed by atoms with Crippen molar-refractivity contribution >= 4 is 17.3 Å². The van der Waals surface area contributed by atoms with Gasteiger partial charge in [0.05, 0.1) is 4.88 Å². The highest BCUT2D eigenvalue weighted by molar-refractivity contribution is 7.15. The van der Waals surface area contributed by atoms with Crippen molar-refractivity contribution in [2.45, 2.75) is 20.3 Å². The third kappa shape index (κ3) is 2.71. The second-order valence-corrected chi connectivity index (χ2v) is 4.78. The van der Waals surface area contributed by atoms with E-state index in [1.54, 1.807) is 6.92 Å². The molecule has 0 spiro atoms. The van der Waals surface area contributed by atoms with Crippen molar-refractivity contribution in [3.63, 3.8) is 0 Å². The lowest BCUT2D eigenvalue weighted by atomic mass is 10.2. The maximum absolute atomic E-state index is 11.2. The van der Waals surface area contributed by atoms with E-state index in [1.165, 1.54) is 11.3 Å². The van der Waals surface area contributed by atoms with E-state index in [0.29, 0.717) is 12.3 Å². The number of thiazole rings is 1. The largest absolute Gasteiger partial charge is 0.406 e. The highest BCUT2D eigenvalue weighted by atomic mass is 32.1. The number of nitrogens with zero attached hydrogens (tertiary/aromatic N) is 1. The quantitative estimate of drug-likeness (QED) is 0.780. The second kappa shape index (κ2) is 5.10. The number of rotatable bonds is 3. The maximum atomic E-state index is 11.2. The van der Waals surface area contributed by atoms with E-state index < -0.39 is 0 Å². The molecule has 0 saturated heterocycles. The number of carbonyl (C=O) groups is 1.